The Morgan fingerprint density at radius 3 is 2.38 bits per heavy atom. The zero-order chi connectivity index (χ0) is 15.9. The van der Waals surface area contributed by atoms with Gasteiger partial charge >= 0.3 is 5.97 Å². The van der Waals surface area contributed by atoms with Gasteiger partial charge in [-0.3, -0.25) is 4.57 Å². The van der Waals surface area contributed by atoms with E-state index in [9.17, 15) is 9.36 Å². The molecule has 0 bridgehead atoms. The van der Waals surface area contributed by atoms with Gasteiger partial charge in [0, 0.05) is 6.16 Å². The largest absolute Gasteiger partial charge is 0.465 e. The highest BCUT2D eigenvalue weighted by atomic mass is 31.2. The van der Waals surface area contributed by atoms with Crippen molar-refractivity contribution in [3.63, 3.8) is 0 Å². The van der Waals surface area contributed by atoms with Gasteiger partial charge in [0.25, 0.3) is 0 Å². The predicted molar refractivity (Wildman–Crippen MR) is 85.4 cm³/mol. The summed E-state index contributed by atoms with van der Waals surface area (Å²) in [6.45, 7) is 5.95. The maximum atomic E-state index is 13.1. The number of methoxy groups -OCH3 is 1. The molecule has 1 aromatic rings. The molecule has 1 atom stereocenters. The van der Waals surface area contributed by atoms with Gasteiger partial charge in [-0.2, -0.15) is 0 Å². The van der Waals surface area contributed by atoms with Crippen LogP contribution in [0.2, 0.25) is 0 Å². The third-order valence-electron chi connectivity index (χ3n) is 2.81. The molecule has 4 nitrogen and oxygen atoms in total. The van der Waals surface area contributed by atoms with Crippen molar-refractivity contribution in [2.24, 2.45) is 5.92 Å². The first-order valence-corrected chi connectivity index (χ1v) is 8.83. The molecule has 0 saturated carbocycles. The molecule has 0 aliphatic heterocycles. The van der Waals surface area contributed by atoms with Crippen molar-refractivity contribution in [3.05, 3.63) is 41.2 Å². The first-order chi connectivity index (χ1) is 9.92. The van der Waals surface area contributed by atoms with Crippen LogP contribution in [-0.4, -0.2) is 25.8 Å². The molecule has 0 N–H and O–H groups in total. The summed E-state index contributed by atoms with van der Waals surface area (Å²) < 4.78 is 23.4. The lowest BCUT2D eigenvalue weighted by Crippen LogP contribution is -2.12. The second-order valence-electron chi connectivity index (χ2n) is 5.10. The number of carbonyl (C=O) groups excluding carboxylic acids is 1. The van der Waals surface area contributed by atoms with Crippen molar-refractivity contribution in [2.75, 3.05) is 19.9 Å². The summed E-state index contributed by atoms with van der Waals surface area (Å²) in [5.74, 6) is -0.456. The van der Waals surface area contributed by atoms with Crippen LogP contribution in [0, 0.1) is 5.92 Å². The Morgan fingerprint density at radius 1 is 1.29 bits per heavy atom. The van der Waals surface area contributed by atoms with Crippen molar-refractivity contribution in [3.8, 4) is 0 Å². The van der Waals surface area contributed by atoms with Gasteiger partial charge in [-0.05, 0) is 24.5 Å². The van der Waals surface area contributed by atoms with Gasteiger partial charge in [-0.1, -0.05) is 44.2 Å². The highest BCUT2D eigenvalue weighted by molar-refractivity contribution is 7.65. The Bertz CT molecular complexity index is 534. The Morgan fingerprint density at radius 2 is 1.90 bits per heavy atom. The number of esters is 1. The Hall–Kier alpha value is -1.38. The fourth-order valence-electron chi connectivity index (χ4n) is 2.02. The van der Waals surface area contributed by atoms with Gasteiger partial charge in [0.1, 0.15) is 5.31 Å². The van der Waals surface area contributed by atoms with E-state index in [1.807, 2.05) is 44.2 Å². The molecule has 0 amide bonds. The molecule has 1 unspecified atom stereocenters. The lowest BCUT2D eigenvalue weighted by Gasteiger charge is -2.21. The number of carbonyl (C=O) groups is 1. The maximum Gasteiger partial charge on any atom is 0.343 e. The fourth-order valence-corrected chi connectivity index (χ4v) is 4.55. The summed E-state index contributed by atoms with van der Waals surface area (Å²) in [5, 5.41) is 0.117. The molecule has 5 heteroatoms. The second-order valence-corrected chi connectivity index (χ2v) is 7.55. The van der Waals surface area contributed by atoms with E-state index in [2.05, 4.69) is 0 Å². The lowest BCUT2D eigenvalue weighted by atomic mass is 10.2. The van der Waals surface area contributed by atoms with Crippen molar-refractivity contribution in [2.45, 2.75) is 20.8 Å². The van der Waals surface area contributed by atoms with E-state index in [1.165, 1.54) is 7.11 Å². The molecule has 21 heavy (non-hydrogen) atoms. The van der Waals surface area contributed by atoms with E-state index in [1.54, 1.807) is 13.0 Å². The molecule has 0 aliphatic carbocycles. The summed E-state index contributed by atoms with van der Waals surface area (Å²) >= 11 is 0. The van der Waals surface area contributed by atoms with Crippen LogP contribution in [0.3, 0.4) is 0 Å². The lowest BCUT2D eigenvalue weighted by molar-refractivity contribution is -0.135. The van der Waals surface area contributed by atoms with Crippen molar-refractivity contribution >= 4 is 19.4 Å². The van der Waals surface area contributed by atoms with Gasteiger partial charge < -0.3 is 9.26 Å². The van der Waals surface area contributed by atoms with Crippen LogP contribution in [-0.2, 0) is 18.6 Å². The Kier molecular flexibility index (Phi) is 6.86. The smallest absolute Gasteiger partial charge is 0.343 e. The summed E-state index contributed by atoms with van der Waals surface area (Å²) in [6.07, 6.45) is 1.92. The zero-order valence-electron chi connectivity index (χ0n) is 13.0. The normalized spacial score (nSPS) is 14.8. The van der Waals surface area contributed by atoms with Crippen LogP contribution in [0.25, 0.3) is 6.08 Å². The SMILES string of the molecule is CCOP(=O)(CC(C)C)C(=Cc1ccccc1)C(=O)OC. The van der Waals surface area contributed by atoms with Crippen molar-refractivity contribution in [1.82, 2.24) is 0 Å². The molecule has 0 saturated heterocycles. The molecule has 1 rings (SSSR count). The minimum Gasteiger partial charge on any atom is -0.465 e. The molecule has 0 heterocycles. The van der Waals surface area contributed by atoms with Gasteiger partial charge in [0.05, 0.1) is 13.7 Å². The maximum absolute atomic E-state index is 13.1. The van der Waals surface area contributed by atoms with Crippen LogP contribution in [0.1, 0.15) is 26.3 Å². The van der Waals surface area contributed by atoms with Crippen molar-refractivity contribution < 1.29 is 18.6 Å². The van der Waals surface area contributed by atoms with Gasteiger partial charge in [0.2, 0.25) is 7.37 Å². The molecule has 0 aliphatic rings. The highest BCUT2D eigenvalue weighted by Crippen LogP contribution is 2.57. The molecule has 116 valence electrons. The van der Waals surface area contributed by atoms with Crippen LogP contribution in [0.5, 0.6) is 0 Å². The third-order valence-corrected chi connectivity index (χ3v) is 5.74. The minimum absolute atomic E-state index is 0.117. The topological polar surface area (TPSA) is 52.6 Å². The Labute approximate surface area is 126 Å². The molecular weight excluding hydrogens is 287 g/mol. The highest BCUT2D eigenvalue weighted by Gasteiger charge is 2.34. The number of benzene rings is 1. The molecule has 0 radical (unpaired) electrons. The number of hydrogen-bond acceptors (Lipinski definition) is 4. The van der Waals surface area contributed by atoms with Crippen LogP contribution in [0.4, 0.5) is 0 Å². The first kappa shape index (κ1) is 17.7. The molecule has 0 spiro atoms. The van der Waals surface area contributed by atoms with E-state index in [-0.39, 0.29) is 17.8 Å². The average Bonchev–Trinajstić information content (AvgIpc) is 2.44. The minimum atomic E-state index is -3.24. The second kappa shape index (κ2) is 8.16. The monoisotopic (exact) mass is 310 g/mol. The standard InChI is InChI=1S/C16H23O4P/c1-5-20-21(18,12-13(2)3)15(16(17)19-4)11-14-9-7-6-8-10-14/h6-11,13H,5,12H2,1-4H3. The third kappa shape index (κ3) is 5.14. The molecule has 0 fully saturated rings. The fraction of sp³-hybridized carbons (Fsp3) is 0.438. The predicted octanol–water partition coefficient (Wildman–Crippen LogP) is 4.17. The van der Waals surface area contributed by atoms with Crippen LogP contribution >= 0.6 is 7.37 Å². The van der Waals surface area contributed by atoms with Gasteiger partial charge in [-0.25, -0.2) is 4.79 Å². The summed E-state index contributed by atoms with van der Waals surface area (Å²) in [6, 6.07) is 9.28. The zero-order valence-corrected chi connectivity index (χ0v) is 13.9. The summed E-state index contributed by atoms with van der Waals surface area (Å²) in [4.78, 5) is 12.1. The van der Waals surface area contributed by atoms with Crippen LogP contribution < -0.4 is 0 Å². The molecular formula is C16H23O4P. The Balaban J connectivity index is 3.31. The van der Waals surface area contributed by atoms with E-state index < -0.39 is 13.3 Å². The summed E-state index contributed by atoms with van der Waals surface area (Å²) in [5.41, 5.74) is 0.793. The van der Waals surface area contributed by atoms with Gasteiger partial charge in [0.15, 0.2) is 0 Å². The van der Waals surface area contributed by atoms with E-state index in [4.69, 9.17) is 9.26 Å². The quantitative estimate of drug-likeness (QED) is 0.431. The summed E-state index contributed by atoms with van der Waals surface area (Å²) in [7, 11) is -1.95. The van der Waals surface area contributed by atoms with E-state index in [0.29, 0.717) is 6.16 Å². The van der Waals surface area contributed by atoms with E-state index in [0.717, 1.165) is 5.56 Å². The number of hydrogen-bond donors (Lipinski definition) is 0. The van der Waals surface area contributed by atoms with Crippen LogP contribution in [0.15, 0.2) is 35.6 Å². The number of rotatable bonds is 7. The average molecular weight is 310 g/mol. The van der Waals surface area contributed by atoms with E-state index >= 15 is 0 Å². The molecule has 0 aromatic heterocycles. The van der Waals surface area contributed by atoms with Crippen molar-refractivity contribution in [1.29, 1.82) is 0 Å². The number of ether oxygens (including phenoxy) is 1. The van der Waals surface area contributed by atoms with Gasteiger partial charge in [-0.15, -0.1) is 0 Å². The molecule has 1 aromatic carbocycles. The first-order valence-electron chi connectivity index (χ1n) is 7.02.